The van der Waals surface area contributed by atoms with Crippen LogP contribution in [0, 0.1) is 0 Å². The first-order valence-electron chi connectivity index (χ1n) is 7.60. The van der Waals surface area contributed by atoms with Crippen molar-refractivity contribution >= 4 is 7.60 Å². The van der Waals surface area contributed by atoms with Gasteiger partial charge in [-0.25, -0.2) is 4.68 Å². The zero-order valence-electron chi connectivity index (χ0n) is 13.6. The summed E-state index contributed by atoms with van der Waals surface area (Å²) in [6.45, 7) is 3.83. The molecule has 0 saturated carbocycles. The van der Waals surface area contributed by atoms with Crippen LogP contribution >= 0.6 is 7.60 Å². The van der Waals surface area contributed by atoms with E-state index < -0.39 is 13.4 Å². The molecule has 0 spiro atoms. The second kappa shape index (κ2) is 8.34. The molecule has 0 aromatic carbocycles. The smallest absolute Gasteiger partial charge is 0.360 e. The fourth-order valence-electron chi connectivity index (χ4n) is 2.10. The fraction of sp³-hybridized carbons (Fsp3) is 0.500. The van der Waals surface area contributed by atoms with Crippen molar-refractivity contribution in [3.63, 3.8) is 0 Å². The lowest BCUT2D eigenvalue weighted by Gasteiger charge is -2.21. The van der Waals surface area contributed by atoms with Gasteiger partial charge in [0.05, 0.1) is 32.5 Å². The second-order valence-corrected chi connectivity index (χ2v) is 7.15. The van der Waals surface area contributed by atoms with Crippen LogP contribution in [0.5, 0.6) is 0 Å². The average molecular weight is 356 g/mol. The van der Waals surface area contributed by atoms with Crippen LogP contribution in [-0.2, 0) is 26.7 Å². The Bertz CT molecular complexity index is 749. The number of hydrogen-bond acceptors (Lipinski definition) is 7. The Morgan fingerprint density at radius 3 is 2.62 bits per heavy atom. The molecule has 2 rings (SSSR count). The number of aliphatic hydroxyl groups excluding tert-OH is 1. The van der Waals surface area contributed by atoms with E-state index in [-0.39, 0.29) is 31.9 Å². The van der Waals surface area contributed by atoms with E-state index in [1.54, 1.807) is 38.4 Å². The molecule has 1 N–H and O–H groups in total. The molecular formula is C14H21N4O5P. The summed E-state index contributed by atoms with van der Waals surface area (Å²) >= 11 is 0. The molecule has 0 saturated heterocycles. The van der Waals surface area contributed by atoms with Crippen LogP contribution in [0.4, 0.5) is 0 Å². The lowest BCUT2D eigenvalue weighted by molar-refractivity contribution is 0.136. The summed E-state index contributed by atoms with van der Waals surface area (Å²) < 4.78 is 25.5. The average Bonchev–Trinajstić information content (AvgIpc) is 2.97. The maximum absolute atomic E-state index is 12.5. The molecule has 2 heterocycles. The van der Waals surface area contributed by atoms with Gasteiger partial charge in [-0.2, -0.15) is 0 Å². The summed E-state index contributed by atoms with van der Waals surface area (Å²) in [6, 6.07) is 4.86. The molecule has 0 aliphatic heterocycles. The molecular weight excluding hydrogens is 335 g/mol. The Morgan fingerprint density at radius 1 is 1.29 bits per heavy atom. The van der Waals surface area contributed by atoms with Crippen molar-refractivity contribution in [3.8, 4) is 0 Å². The van der Waals surface area contributed by atoms with Gasteiger partial charge in [0, 0.05) is 12.3 Å². The molecule has 0 amide bonds. The third kappa shape index (κ3) is 4.61. The predicted octanol–water partition coefficient (Wildman–Crippen LogP) is 1.07. The molecule has 0 fully saturated rings. The number of aromatic nitrogens is 4. The SMILES string of the molecule is CCOP(=O)(OCC)C(O)Cn1cc(Cn2ccccc2=O)nn1. The minimum absolute atomic E-state index is 0.0893. The highest BCUT2D eigenvalue weighted by atomic mass is 31.2. The third-order valence-corrected chi connectivity index (χ3v) is 5.28. The number of nitrogens with zero attached hydrogens (tertiary/aromatic N) is 4. The molecule has 0 aliphatic rings. The minimum atomic E-state index is -3.63. The van der Waals surface area contributed by atoms with Gasteiger partial charge in [-0.05, 0) is 19.9 Å². The highest BCUT2D eigenvalue weighted by molar-refractivity contribution is 7.54. The number of pyridine rings is 1. The van der Waals surface area contributed by atoms with E-state index in [1.165, 1.54) is 15.3 Å². The van der Waals surface area contributed by atoms with Crippen molar-refractivity contribution in [2.45, 2.75) is 32.8 Å². The summed E-state index contributed by atoms with van der Waals surface area (Å²) in [5.41, 5.74) is 0.391. The lowest BCUT2D eigenvalue weighted by Crippen LogP contribution is -2.20. The van der Waals surface area contributed by atoms with Crippen LogP contribution in [0.3, 0.4) is 0 Å². The van der Waals surface area contributed by atoms with Crippen LogP contribution in [-0.4, -0.2) is 43.7 Å². The van der Waals surface area contributed by atoms with Gasteiger partial charge in [0.1, 0.15) is 5.69 Å². The standard InChI is InChI=1S/C14H21N4O5P/c1-3-22-24(21,23-4-2)14(20)11-18-10-12(15-16-18)9-17-8-6-5-7-13(17)19/h5-8,10,14,20H,3-4,9,11H2,1-2H3. The number of rotatable bonds is 9. The van der Waals surface area contributed by atoms with Crippen molar-refractivity contribution in [2.24, 2.45) is 0 Å². The normalized spacial score (nSPS) is 13.1. The summed E-state index contributed by atoms with van der Waals surface area (Å²) in [4.78, 5) is 11.7. The Hall–Kier alpha value is -1.80. The monoisotopic (exact) mass is 356 g/mol. The largest absolute Gasteiger partial charge is 0.379 e. The first kappa shape index (κ1) is 18.5. The Balaban J connectivity index is 2.06. The molecule has 0 aliphatic carbocycles. The first-order chi connectivity index (χ1) is 11.5. The van der Waals surface area contributed by atoms with E-state index >= 15 is 0 Å². The molecule has 0 bridgehead atoms. The maximum atomic E-state index is 12.5. The number of hydrogen-bond donors (Lipinski definition) is 1. The van der Waals surface area contributed by atoms with Gasteiger partial charge in [0.2, 0.25) is 0 Å². The maximum Gasteiger partial charge on any atom is 0.360 e. The third-order valence-electron chi connectivity index (χ3n) is 3.15. The Labute approximate surface area is 139 Å². The number of aliphatic hydroxyl groups is 1. The van der Waals surface area contributed by atoms with E-state index in [1.807, 2.05) is 0 Å². The van der Waals surface area contributed by atoms with Crippen LogP contribution in [0.25, 0.3) is 0 Å². The van der Waals surface area contributed by atoms with Crippen molar-refractivity contribution in [1.82, 2.24) is 19.6 Å². The van der Waals surface area contributed by atoms with E-state index in [2.05, 4.69) is 10.3 Å². The molecule has 0 radical (unpaired) electrons. The van der Waals surface area contributed by atoms with Gasteiger partial charge >= 0.3 is 7.60 Å². The van der Waals surface area contributed by atoms with E-state index in [4.69, 9.17) is 9.05 Å². The first-order valence-corrected chi connectivity index (χ1v) is 9.21. The van der Waals surface area contributed by atoms with Crippen LogP contribution in [0.1, 0.15) is 19.5 Å². The highest BCUT2D eigenvalue weighted by Crippen LogP contribution is 2.52. The van der Waals surface area contributed by atoms with Gasteiger partial charge in [-0.1, -0.05) is 11.3 Å². The van der Waals surface area contributed by atoms with Crippen molar-refractivity contribution in [1.29, 1.82) is 0 Å². The Morgan fingerprint density at radius 2 is 2.00 bits per heavy atom. The second-order valence-electron chi connectivity index (χ2n) is 4.95. The molecule has 1 unspecified atom stereocenters. The minimum Gasteiger partial charge on any atom is -0.379 e. The predicted molar refractivity (Wildman–Crippen MR) is 86.7 cm³/mol. The van der Waals surface area contributed by atoms with E-state index in [0.717, 1.165) is 0 Å². The van der Waals surface area contributed by atoms with Gasteiger partial charge < -0.3 is 18.7 Å². The highest BCUT2D eigenvalue weighted by Gasteiger charge is 2.34. The van der Waals surface area contributed by atoms with Gasteiger partial charge in [-0.15, -0.1) is 5.10 Å². The summed E-state index contributed by atoms with van der Waals surface area (Å²) in [5, 5.41) is 18.0. The summed E-state index contributed by atoms with van der Waals surface area (Å²) in [7, 11) is -3.63. The molecule has 2 aromatic rings. The molecule has 1 atom stereocenters. The fourth-order valence-corrected chi connectivity index (χ4v) is 3.61. The van der Waals surface area contributed by atoms with Gasteiger partial charge in [0.25, 0.3) is 5.56 Å². The topological polar surface area (TPSA) is 108 Å². The lowest BCUT2D eigenvalue weighted by atomic mass is 10.4. The van der Waals surface area contributed by atoms with Crippen molar-refractivity contribution < 1.29 is 18.7 Å². The summed E-state index contributed by atoms with van der Waals surface area (Å²) in [5.74, 6) is -1.36. The molecule has 9 nitrogen and oxygen atoms in total. The zero-order valence-corrected chi connectivity index (χ0v) is 14.5. The van der Waals surface area contributed by atoms with E-state index in [0.29, 0.717) is 5.69 Å². The van der Waals surface area contributed by atoms with Crippen molar-refractivity contribution in [3.05, 3.63) is 46.6 Å². The van der Waals surface area contributed by atoms with Gasteiger partial charge in [-0.3, -0.25) is 9.36 Å². The van der Waals surface area contributed by atoms with Crippen molar-refractivity contribution in [2.75, 3.05) is 13.2 Å². The quantitative estimate of drug-likeness (QED) is 0.670. The molecule has 132 valence electrons. The van der Waals surface area contributed by atoms with Crippen LogP contribution in [0.15, 0.2) is 35.4 Å². The molecule has 2 aromatic heterocycles. The van der Waals surface area contributed by atoms with E-state index in [9.17, 15) is 14.5 Å². The van der Waals surface area contributed by atoms with Crippen LogP contribution in [0.2, 0.25) is 0 Å². The Kier molecular flexibility index (Phi) is 6.44. The van der Waals surface area contributed by atoms with Gasteiger partial charge in [0.15, 0.2) is 5.85 Å². The van der Waals surface area contributed by atoms with Crippen LogP contribution < -0.4 is 5.56 Å². The zero-order chi connectivity index (χ0) is 17.6. The summed E-state index contributed by atoms with van der Waals surface area (Å²) in [6.07, 6.45) is 3.22. The molecule has 24 heavy (non-hydrogen) atoms. The molecule has 10 heteroatoms.